The number of rotatable bonds is 7. The first-order valence-corrected chi connectivity index (χ1v) is 10.5. The summed E-state index contributed by atoms with van der Waals surface area (Å²) in [5, 5.41) is 6.57. The lowest BCUT2D eigenvalue weighted by Gasteiger charge is -2.19. The van der Waals surface area contributed by atoms with Crippen LogP contribution in [0.4, 0.5) is 4.39 Å². The number of sulfonamides is 1. The van der Waals surface area contributed by atoms with Crippen LogP contribution >= 0.6 is 0 Å². The van der Waals surface area contributed by atoms with E-state index in [0.29, 0.717) is 11.4 Å². The van der Waals surface area contributed by atoms with Gasteiger partial charge in [-0.25, -0.2) is 17.5 Å². The second kappa shape index (κ2) is 8.67. The van der Waals surface area contributed by atoms with Crippen molar-refractivity contribution in [3.05, 3.63) is 60.0 Å². The van der Waals surface area contributed by atoms with Crippen molar-refractivity contribution in [2.24, 2.45) is 5.92 Å². The standard InChI is InChI=1S/C19H20FN5O4S/c1-11(2)16(19-24-17(25-29-19)12-6-8-22-9-7-12)23-18(26)14-10-13(4-5-15(14)20)30(27,28)21-3/h4-11,16,21H,1-3H3,(H,23,26). The van der Waals surface area contributed by atoms with Gasteiger partial charge >= 0.3 is 0 Å². The quantitative estimate of drug-likeness (QED) is 0.585. The molecular formula is C19H20FN5O4S. The van der Waals surface area contributed by atoms with Crippen LogP contribution in [0.1, 0.15) is 36.1 Å². The van der Waals surface area contributed by atoms with Crippen LogP contribution in [0, 0.1) is 11.7 Å². The Balaban J connectivity index is 1.89. The third kappa shape index (κ3) is 4.52. The first-order valence-electron chi connectivity index (χ1n) is 9.01. The summed E-state index contributed by atoms with van der Waals surface area (Å²) in [5.41, 5.74) is 0.274. The highest BCUT2D eigenvalue weighted by Crippen LogP contribution is 2.24. The van der Waals surface area contributed by atoms with Crippen LogP contribution in [-0.2, 0) is 10.0 Å². The number of nitrogens with zero attached hydrogens (tertiary/aromatic N) is 3. The molecule has 2 heterocycles. The van der Waals surface area contributed by atoms with E-state index in [0.717, 1.165) is 18.2 Å². The van der Waals surface area contributed by atoms with Crippen LogP contribution in [-0.4, -0.2) is 36.5 Å². The van der Waals surface area contributed by atoms with E-state index in [4.69, 9.17) is 4.52 Å². The molecule has 158 valence electrons. The molecule has 1 aromatic carbocycles. The Hall–Kier alpha value is -3.18. The van der Waals surface area contributed by atoms with E-state index < -0.39 is 33.4 Å². The highest BCUT2D eigenvalue weighted by molar-refractivity contribution is 7.89. The number of amides is 1. The van der Waals surface area contributed by atoms with Crippen molar-refractivity contribution in [3.8, 4) is 11.4 Å². The molecular weight excluding hydrogens is 413 g/mol. The Bertz CT molecular complexity index is 1150. The Morgan fingerprint density at radius 2 is 1.87 bits per heavy atom. The molecule has 3 rings (SSSR count). The molecule has 9 nitrogen and oxygen atoms in total. The van der Waals surface area contributed by atoms with E-state index in [1.165, 1.54) is 7.05 Å². The van der Waals surface area contributed by atoms with E-state index in [1.807, 2.05) is 13.8 Å². The van der Waals surface area contributed by atoms with Crippen LogP contribution < -0.4 is 10.0 Å². The fraction of sp³-hybridized carbons (Fsp3) is 0.263. The van der Waals surface area contributed by atoms with E-state index >= 15 is 0 Å². The van der Waals surface area contributed by atoms with Crippen molar-refractivity contribution in [2.75, 3.05) is 7.05 Å². The molecule has 2 N–H and O–H groups in total. The average Bonchev–Trinajstić information content (AvgIpc) is 3.22. The molecule has 11 heteroatoms. The van der Waals surface area contributed by atoms with Crippen molar-refractivity contribution in [3.63, 3.8) is 0 Å². The molecule has 0 bridgehead atoms. The summed E-state index contributed by atoms with van der Waals surface area (Å²) >= 11 is 0. The van der Waals surface area contributed by atoms with Gasteiger partial charge < -0.3 is 9.84 Å². The van der Waals surface area contributed by atoms with Gasteiger partial charge in [-0.15, -0.1) is 0 Å². The van der Waals surface area contributed by atoms with E-state index in [1.54, 1.807) is 24.5 Å². The Labute approximate surface area is 172 Å². The molecule has 0 saturated heterocycles. The number of carbonyl (C=O) groups is 1. The molecule has 0 fully saturated rings. The monoisotopic (exact) mass is 433 g/mol. The molecule has 0 saturated carbocycles. The molecule has 2 aromatic heterocycles. The average molecular weight is 433 g/mol. The molecule has 1 unspecified atom stereocenters. The number of pyridine rings is 1. The second-order valence-electron chi connectivity index (χ2n) is 6.74. The summed E-state index contributed by atoms with van der Waals surface area (Å²) in [7, 11) is -2.61. The lowest BCUT2D eigenvalue weighted by atomic mass is 10.0. The summed E-state index contributed by atoms with van der Waals surface area (Å²) in [5.74, 6) is -1.37. The first kappa shape index (κ1) is 21.5. The number of aromatic nitrogens is 3. The van der Waals surface area contributed by atoms with Gasteiger partial charge in [-0.1, -0.05) is 19.0 Å². The largest absolute Gasteiger partial charge is 0.340 e. The van der Waals surface area contributed by atoms with Gasteiger partial charge in [0.15, 0.2) is 0 Å². The van der Waals surface area contributed by atoms with Crippen molar-refractivity contribution in [1.29, 1.82) is 0 Å². The van der Waals surface area contributed by atoms with Crippen molar-refractivity contribution >= 4 is 15.9 Å². The zero-order valence-corrected chi connectivity index (χ0v) is 17.3. The summed E-state index contributed by atoms with van der Waals surface area (Å²) in [6.45, 7) is 3.64. The molecule has 0 spiro atoms. The van der Waals surface area contributed by atoms with Crippen LogP contribution in [0.25, 0.3) is 11.4 Å². The maximum atomic E-state index is 14.3. The first-order chi connectivity index (χ1) is 14.2. The van der Waals surface area contributed by atoms with Crippen molar-refractivity contribution in [1.82, 2.24) is 25.2 Å². The number of hydrogen-bond acceptors (Lipinski definition) is 7. The summed E-state index contributed by atoms with van der Waals surface area (Å²) in [4.78, 5) is 20.8. The Kier molecular flexibility index (Phi) is 6.22. The predicted molar refractivity (Wildman–Crippen MR) is 105 cm³/mol. The fourth-order valence-corrected chi connectivity index (χ4v) is 3.43. The van der Waals surface area contributed by atoms with Crippen LogP contribution in [0.2, 0.25) is 0 Å². The molecule has 30 heavy (non-hydrogen) atoms. The van der Waals surface area contributed by atoms with Crippen molar-refractivity contribution < 1.29 is 22.1 Å². The van der Waals surface area contributed by atoms with E-state index in [9.17, 15) is 17.6 Å². The van der Waals surface area contributed by atoms with Crippen molar-refractivity contribution in [2.45, 2.75) is 24.8 Å². The van der Waals surface area contributed by atoms with E-state index in [-0.39, 0.29) is 16.7 Å². The zero-order valence-electron chi connectivity index (χ0n) is 16.5. The molecule has 0 radical (unpaired) electrons. The van der Waals surface area contributed by atoms with Gasteiger partial charge in [0.2, 0.25) is 21.7 Å². The smallest absolute Gasteiger partial charge is 0.254 e. The van der Waals surface area contributed by atoms with Crippen LogP contribution in [0.5, 0.6) is 0 Å². The summed E-state index contributed by atoms with van der Waals surface area (Å²) < 4.78 is 45.6. The third-order valence-electron chi connectivity index (χ3n) is 4.36. The van der Waals surface area contributed by atoms with Gasteiger partial charge in [0.1, 0.15) is 11.9 Å². The minimum Gasteiger partial charge on any atom is -0.340 e. The number of carbonyl (C=O) groups excluding carboxylic acids is 1. The lowest BCUT2D eigenvalue weighted by molar-refractivity contribution is 0.0909. The molecule has 0 aliphatic rings. The highest BCUT2D eigenvalue weighted by Gasteiger charge is 2.27. The molecule has 0 aliphatic heterocycles. The van der Waals surface area contributed by atoms with Gasteiger partial charge in [0, 0.05) is 18.0 Å². The van der Waals surface area contributed by atoms with Gasteiger partial charge in [0.25, 0.3) is 5.91 Å². The zero-order chi connectivity index (χ0) is 21.9. The SMILES string of the molecule is CNS(=O)(=O)c1ccc(F)c(C(=O)NC(c2nc(-c3ccncc3)no2)C(C)C)c1. The predicted octanol–water partition coefficient (Wildman–Crippen LogP) is 2.31. The minimum absolute atomic E-state index is 0.143. The van der Waals surface area contributed by atoms with Gasteiger partial charge in [0.05, 0.1) is 10.5 Å². The third-order valence-corrected chi connectivity index (χ3v) is 5.77. The minimum atomic E-state index is -3.84. The maximum absolute atomic E-state index is 14.3. The normalized spacial score (nSPS) is 12.7. The number of hydrogen-bond donors (Lipinski definition) is 2. The maximum Gasteiger partial charge on any atom is 0.254 e. The molecule has 1 atom stereocenters. The number of halogens is 1. The second-order valence-corrected chi connectivity index (χ2v) is 8.62. The van der Waals surface area contributed by atoms with Gasteiger partial charge in [-0.05, 0) is 43.3 Å². The Morgan fingerprint density at radius 3 is 2.50 bits per heavy atom. The van der Waals surface area contributed by atoms with Crippen LogP contribution in [0.3, 0.4) is 0 Å². The fourth-order valence-electron chi connectivity index (χ4n) is 2.68. The molecule has 0 aliphatic carbocycles. The Morgan fingerprint density at radius 1 is 1.17 bits per heavy atom. The molecule has 1 amide bonds. The number of benzene rings is 1. The highest BCUT2D eigenvalue weighted by atomic mass is 32.2. The van der Waals surface area contributed by atoms with Crippen LogP contribution in [0.15, 0.2) is 52.1 Å². The van der Waals surface area contributed by atoms with E-state index in [2.05, 4.69) is 25.2 Å². The topological polar surface area (TPSA) is 127 Å². The van der Waals surface area contributed by atoms with Gasteiger partial charge in [-0.3, -0.25) is 9.78 Å². The number of nitrogens with one attached hydrogen (secondary N) is 2. The molecule has 3 aromatic rings. The van der Waals surface area contributed by atoms with Gasteiger partial charge in [-0.2, -0.15) is 4.98 Å². The summed E-state index contributed by atoms with van der Waals surface area (Å²) in [6, 6.07) is 5.68. The lowest BCUT2D eigenvalue weighted by Crippen LogP contribution is -2.33. The summed E-state index contributed by atoms with van der Waals surface area (Å²) in [6.07, 6.45) is 3.17.